The molecule has 0 fully saturated rings. The number of thioether (sulfide) groups is 1. The van der Waals surface area contributed by atoms with Crippen molar-refractivity contribution in [1.29, 1.82) is 0 Å². The van der Waals surface area contributed by atoms with Crippen molar-refractivity contribution in [3.63, 3.8) is 0 Å². The first-order valence-corrected chi connectivity index (χ1v) is 10.5. The van der Waals surface area contributed by atoms with E-state index in [2.05, 4.69) is 32.9 Å². The third kappa shape index (κ3) is 10.5. The number of benzene rings is 1. The van der Waals surface area contributed by atoms with Gasteiger partial charge in [0.1, 0.15) is 11.4 Å². The average molecular weight is 413 g/mol. The van der Waals surface area contributed by atoms with Gasteiger partial charge in [-0.1, -0.05) is 42.5 Å². The lowest BCUT2D eigenvalue weighted by atomic mass is 10.1. The highest BCUT2D eigenvalue weighted by atomic mass is 32.2. The molecule has 1 aromatic carbocycles. The van der Waals surface area contributed by atoms with E-state index in [1.165, 1.54) is 5.57 Å². The number of phenolic OH excluding ortho intramolecular Hbond substituents is 1. The molecular formula is C23H32N4OS. The molecule has 0 aliphatic carbocycles. The van der Waals surface area contributed by atoms with Gasteiger partial charge in [0.2, 0.25) is 0 Å². The highest BCUT2D eigenvalue weighted by Gasteiger charge is 2.06. The van der Waals surface area contributed by atoms with Crippen molar-refractivity contribution in [3.05, 3.63) is 66.7 Å². The van der Waals surface area contributed by atoms with Crippen molar-refractivity contribution in [2.75, 3.05) is 25.9 Å². The van der Waals surface area contributed by atoms with Crippen LogP contribution in [0.2, 0.25) is 0 Å². The zero-order valence-electron chi connectivity index (χ0n) is 17.8. The summed E-state index contributed by atoms with van der Waals surface area (Å²) >= 11 is 1.76. The van der Waals surface area contributed by atoms with Crippen molar-refractivity contribution in [3.8, 4) is 5.75 Å². The van der Waals surface area contributed by atoms with E-state index >= 15 is 0 Å². The minimum atomic E-state index is 0.201. The molecular weight excluding hydrogens is 380 g/mol. The van der Waals surface area contributed by atoms with Crippen molar-refractivity contribution in [1.82, 2.24) is 10.2 Å². The normalized spacial score (nSPS) is 13.2. The van der Waals surface area contributed by atoms with Gasteiger partial charge < -0.3 is 10.4 Å². The Morgan fingerprint density at radius 3 is 2.79 bits per heavy atom. The second-order valence-corrected chi connectivity index (χ2v) is 7.63. The zero-order valence-corrected chi connectivity index (χ0v) is 18.6. The Morgan fingerprint density at radius 2 is 2.21 bits per heavy atom. The number of hydrogen-bond donors (Lipinski definition) is 2. The van der Waals surface area contributed by atoms with E-state index in [9.17, 15) is 5.11 Å². The van der Waals surface area contributed by atoms with Crippen molar-refractivity contribution >= 4 is 34.8 Å². The first kappa shape index (κ1) is 24.5. The van der Waals surface area contributed by atoms with Crippen LogP contribution in [0.25, 0.3) is 6.08 Å². The number of nitrogens with zero attached hydrogens (tertiary/aromatic N) is 3. The molecule has 1 aliphatic heterocycles. The van der Waals surface area contributed by atoms with E-state index in [1.807, 2.05) is 70.7 Å². The topological polar surface area (TPSA) is 60.2 Å². The van der Waals surface area contributed by atoms with Crippen molar-refractivity contribution in [2.45, 2.75) is 20.8 Å². The van der Waals surface area contributed by atoms with Crippen LogP contribution in [-0.2, 0) is 0 Å². The maximum absolute atomic E-state index is 9.95. The minimum absolute atomic E-state index is 0.201. The van der Waals surface area contributed by atoms with Gasteiger partial charge in [0.15, 0.2) is 0 Å². The summed E-state index contributed by atoms with van der Waals surface area (Å²) < 4.78 is 0. The molecule has 0 saturated carbocycles. The number of aliphatic imine (C=N–C) groups is 2. The maximum Gasteiger partial charge on any atom is 0.141 e. The number of aromatic hydroxyl groups is 1. The summed E-state index contributed by atoms with van der Waals surface area (Å²) in [5.41, 5.74) is 2.78. The summed E-state index contributed by atoms with van der Waals surface area (Å²) in [6.07, 6.45) is 13.2. The van der Waals surface area contributed by atoms with E-state index in [0.717, 1.165) is 22.9 Å². The molecule has 1 aliphatic rings. The summed E-state index contributed by atoms with van der Waals surface area (Å²) in [6.45, 7) is 11.0. The Kier molecular flexibility index (Phi) is 12.2. The van der Waals surface area contributed by atoms with Crippen LogP contribution in [0.4, 0.5) is 5.69 Å². The van der Waals surface area contributed by atoms with Crippen LogP contribution < -0.4 is 5.32 Å². The van der Waals surface area contributed by atoms with Gasteiger partial charge in [-0.3, -0.25) is 14.9 Å². The Balaban J connectivity index is 0.000000516. The molecule has 6 heteroatoms. The lowest BCUT2D eigenvalue weighted by Gasteiger charge is -2.16. The van der Waals surface area contributed by atoms with E-state index in [1.54, 1.807) is 24.0 Å². The number of hydrogen-bond acceptors (Lipinski definition) is 6. The highest BCUT2D eigenvalue weighted by molar-refractivity contribution is 8.14. The van der Waals surface area contributed by atoms with E-state index in [0.29, 0.717) is 12.2 Å². The summed E-state index contributed by atoms with van der Waals surface area (Å²) in [7, 11) is 2.03. The lowest BCUT2D eigenvalue weighted by Crippen LogP contribution is -2.26. The molecule has 0 atom stereocenters. The van der Waals surface area contributed by atoms with Gasteiger partial charge in [0.25, 0.3) is 0 Å². The average Bonchev–Trinajstić information content (AvgIpc) is 2.70. The van der Waals surface area contributed by atoms with Crippen LogP contribution in [-0.4, -0.2) is 47.2 Å². The molecule has 0 amide bonds. The third-order valence-electron chi connectivity index (χ3n) is 3.57. The summed E-state index contributed by atoms with van der Waals surface area (Å²) in [6, 6.07) is 5.42. The number of allylic oxidation sites excluding steroid dienone is 2. The Labute approximate surface area is 179 Å². The van der Waals surface area contributed by atoms with Gasteiger partial charge in [0, 0.05) is 36.8 Å². The number of nitrogens with one attached hydrogen (secondary N) is 1. The minimum Gasteiger partial charge on any atom is -0.506 e. The Morgan fingerprint density at radius 1 is 1.41 bits per heavy atom. The molecule has 0 unspecified atom stereocenters. The molecule has 0 aromatic heterocycles. The fraction of sp³-hybridized carbons (Fsp3) is 0.304. The molecule has 0 bridgehead atoms. The molecule has 156 valence electrons. The molecule has 2 N–H and O–H groups in total. The fourth-order valence-electron chi connectivity index (χ4n) is 2.24. The first-order chi connectivity index (χ1) is 14.0. The molecule has 0 saturated heterocycles. The number of rotatable bonds is 8. The summed E-state index contributed by atoms with van der Waals surface area (Å²) in [5, 5.41) is 13.9. The van der Waals surface area contributed by atoms with Crippen LogP contribution in [0, 0.1) is 0 Å². The summed E-state index contributed by atoms with van der Waals surface area (Å²) in [5.74, 6) is 1.19. The predicted octanol–water partition coefficient (Wildman–Crippen LogP) is 5.36. The van der Waals surface area contributed by atoms with E-state index in [-0.39, 0.29) is 5.75 Å². The lowest BCUT2D eigenvalue weighted by molar-refractivity contribution is 0.442. The summed E-state index contributed by atoms with van der Waals surface area (Å²) in [4.78, 5) is 10.9. The SMILES string of the molecule is C/C=C\c1cccc(O)c1N=CCN(C)CC1=NC=CCS1.C=CNC=C(C)C. The molecule has 0 radical (unpaired) electrons. The van der Waals surface area contributed by atoms with Crippen LogP contribution in [0.3, 0.4) is 0 Å². The van der Waals surface area contributed by atoms with Gasteiger partial charge in [-0.25, -0.2) is 0 Å². The van der Waals surface area contributed by atoms with Crippen molar-refractivity contribution in [2.24, 2.45) is 9.98 Å². The highest BCUT2D eigenvalue weighted by Crippen LogP contribution is 2.30. The fourth-order valence-corrected chi connectivity index (χ4v) is 3.06. The Hall–Kier alpha value is -2.57. The molecule has 29 heavy (non-hydrogen) atoms. The quantitative estimate of drug-likeness (QED) is 0.564. The van der Waals surface area contributed by atoms with E-state index in [4.69, 9.17) is 0 Å². The molecule has 2 rings (SSSR count). The predicted molar refractivity (Wildman–Crippen MR) is 130 cm³/mol. The second kappa shape index (κ2) is 14.4. The van der Waals surface area contributed by atoms with Crippen LogP contribution in [0.5, 0.6) is 5.75 Å². The van der Waals surface area contributed by atoms with Crippen LogP contribution in [0.15, 0.2) is 71.1 Å². The first-order valence-electron chi connectivity index (χ1n) is 9.48. The Bertz CT molecular complexity index is 790. The monoisotopic (exact) mass is 412 g/mol. The van der Waals surface area contributed by atoms with Crippen molar-refractivity contribution < 1.29 is 5.11 Å². The van der Waals surface area contributed by atoms with Crippen LogP contribution in [0.1, 0.15) is 26.3 Å². The zero-order chi connectivity index (χ0) is 21.5. The molecule has 5 nitrogen and oxygen atoms in total. The van der Waals surface area contributed by atoms with Gasteiger partial charge >= 0.3 is 0 Å². The number of para-hydroxylation sites is 1. The third-order valence-corrected chi connectivity index (χ3v) is 4.50. The van der Waals surface area contributed by atoms with Gasteiger partial charge in [-0.15, -0.1) is 11.8 Å². The maximum atomic E-state index is 9.95. The van der Waals surface area contributed by atoms with Crippen LogP contribution >= 0.6 is 11.8 Å². The second-order valence-electron chi connectivity index (χ2n) is 6.53. The molecule has 1 heterocycles. The van der Waals surface area contributed by atoms with Gasteiger partial charge in [0.05, 0.1) is 5.04 Å². The molecule has 1 aromatic rings. The standard InChI is InChI=1S/C17H21N3OS.C6H11N/c1-3-6-14-7-4-8-15(21)17(14)19-10-11-20(2)13-16-18-9-5-12-22-16;1-4-7-5-6(2)3/h3-10,21H,11-13H2,1-2H3;4-5,7H,1H2,2-3H3/b6-3-,19-10?;. The number of phenols is 1. The molecule has 0 spiro atoms. The smallest absolute Gasteiger partial charge is 0.141 e. The largest absolute Gasteiger partial charge is 0.506 e. The van der Waals surface area contributed by atoms with Gasteiger partial charge in [-0.05, 0) is 46.3 Å². The van der Waals surface area contributed by atoms with E-state index < -0.39 is 0 Å². The van der Waals surface area contributed by atoms with Gasteiger partial charge in [-0.2, -0.15) is 0 Å².